The standard InChI is InChI=1S/C23H16FN3/c1-3-20-15(2)12-13-27(20)23-18-6-4-5-7-19(18)26-22(21(23)24)17-10-8-16(14-25)9-11-17/h3-13H,1H2,2H3. The summed E-state index contributed by atoms with van der Waals surface area (Å²) in [5.41, 5.74) is 4.42. The van der Waals surface area contributed by atoms with Crippen LogP contribution in [0.5, 0.6) is 0 Å². The molecule has 0 aliphatic rings. The summed E-state index contributed by atoms with van der Waals surface area (Å²) in [5.74, 6) is -0.405. The van der Waals surface area contributed by atoms with E-state index in [2.05, 4.69) is 17.6 Å². The molecular weight excluding hydrogens is 337 g/mol. The van der Waals surface area contributed by atoms with Gasteiger partial charge in [-0.2, -0.15) is 5.26 Å². The highest BCUT2D eigenvalue weighted by Crippen LogP contribution is 2.33. The summed E-state index contributed by atoms with van der Waals surface area (Å²) < 4.78 is 17.5. The molecule has 0 atom stereocenters. The zero-order valence-electron chi connectivity index (χ0n) is 14.8. The molecule has 0 fully saturated rings. The first-order valence-corrected chi connectivity index (χ1v) is 8.53. The van der Waals surface area contributed by atoms with Crippen molar-refractivity contribution in [2.45, 2.75) is 6.92 Å². The smallest absolute Gasteiger partial charge is 0.174 e. The second-order valence-electron chi connectivity index (χ2n) is 6.29. The van der Waals surface area contributed by atoms with Crippen molar-refractivity contribution in [2.24, 2.45) is 0 Å². The van der Waals surface area contributed by atoms with Gasteiger partial charge < -0.3 is 4.57 Å². The van der Waals surface area contributed by atoms with E-state index in [4.69, 9.17) is 5.26 Å². The van der Waals surface area contributed by atoms with Gasteiger partial charge in [0.15, 0.2) is 5.82 Å². The molecule has 4 heteroatoms. The van der Waals surface area contributed by atoms with Gasteiger partial charge in [-0.15, -0.1) is 0 Å². The van der Waals surface area contributed by atoms with Gasteiger partial charge >= 0.3 is 0 Å². The molecule has 0 N–H and O–H groups in total. The quantitative estimate of drug-likeness (QED) is 0.477. The molecule has 2 heterocycles. The van der Waals surface area contributed by atoms with Crippen molar-refractivity contribution in [3.05, 3.63) is 90.0 Å². The molecule has 2 aromatic carbocycles. The Kier molecular flexibility index (Phi) is 4.06. The number of para-hydroxylation sites is 1. The molecular formula is C23H16FN3. The highest BCUT2D eigenvalue weighted by Gasteiger charge is 2.19. The minimum Gasteiger partial charge on any atom is -0.314 e. The Morgan fingerprint density at radius 2 is 1.85 bits per heavy atom. The van der Waals surface area contributed by atoms with Crippen LogP contribution < -0.4 is 0 Å². The molecule has 4 rings (SSSR count). The molecule has 0 bridgehead atoms. The monoisotopic (exact) mass is 353 g/mol. The Bertz CT molecular complexity index is 1210. The van der Waals surface area contributed by atoms with Gasteiger partial charge in [-0.3, -0.25) is 0 Å². The van der Waals surface area contributed by atoms with Gasteiger partial charge in [-0.25, -0.2) is 9.37 Å². The molecule has 0 radical (unpaired) electrons. The summed E-state index contributed by atoms with van der Waals surface area (Å²) in [6.45, 7) is 5.84. The molecule has 2 aromatic heterocycles. The van der Waals surface area contributed by atoms with Crippen LogP contribution in [-0.2, 0) is 0 Å². The van der Waals surface area contributed by atoms with Crippen LogP contribution in [0.25, 0.3) is 33.9 Å². The minimum absolute atomic E-state index is 0.259. The third kappa shape index (κ3) is 2.70. The normalized spacial score (nSPS) is 10.7. The average Bonchev–Trinajstić information content (AvgIpc) is 3.07. The van der Waals surface area contributed by atoms with Gasteiger partial charge in [0, 0.05) is 22.8 Å². The van der Waals surface area contributed by atoms with Gasteiger partial charge in [0.1, 0.15) is 5.69 Å². The van der Waals surface area contributed by atoms with Crippen molar-refractivity contribution in [3.63, 3.8) is 0 Å². The molecule has 3 nitrogen and oxygen atoms in total. The lowest BCUT2D eigenvalue weighted by Crippen LogP contribution is -2.04. The number of rotatable bonds is 3. The molecule has 27 heavy (non-hydrogen) atoms. The highest BCUT2D eigenvalue weighted by atomic mass is 19.1. The van der Waals surface area contributed by atoms with Crippen LogP contribution in [0.4, 0.5) is 4.39 Å². The van der Waals surface area contributed by atoms with Crippen LogP contribution in [0, 0.1) is 24.1 Å². The van der Waals surface area contributed by atoms with Crippen LogP contribution in [0.3, 0.4) is 0 Å². The lowest BCUT2D eigenvalue weighted by molar-refractivity contribution is 0.619. The number of benzene rings is 2. The van der Waals surface area contributed by atoms with Gasteiger partial charge in [0.2, 0.25) is 0 Å². The number of hydrogen-bond acceptors (Lipinski definition) is 2. The van der Waals surface area contributed by atoms with Crippen molar-refractivity contribution in [2.75, 3.05) is 0 Å². The molecule has 0 aliphatic heterocycles. The summed E-state index contributed by atoms with van der Waals surface area (Å²) >= 11 is 0. The highest BCUT2D eigenvalue weighted by molar-refractivity contribution is 5.91. The summed E-state index contributed by atoms with van der Waals surface area (Å²) in [6.07, 6.45) is 3.57. The minimum atomic E-state index is -0.405. The van der Waals surface area contributed by atoms with Crippen LogP contribution >= 0.6 is 0 Å². The van der Waals surface area contributed by atoms with Gasteiger partial charge in [-0.1, -0.05) is 36.9 Å². The average molecular weight is 353 g/mol. The maximum absolute atomic E-state index is 15.7. The fourth-order valence-electron chi connectivity index (χ4n) is 3.30. The van der Waals surface area contributed by atoms with E-state index < -0.39 is 5.82 Å². The number of halogens is 1. The first-order chi connectivity index (χ1) is 13.1. The molecule has 0 spiro atoms. The Morgan fingerprint density at radius 3 is 2.56 bits per heavy atom. The van der Waals surface area contributed by atoms with Gasteiger partial charge in [0.05, 0.1) is 22.8 Å². The first-order valence-electron chi connectivity index (χ1n) is 8.53. The number of nitrogens with zero attached hydrogens (tertiary/aromatic N) is 3. The zero-order valence-corrected chi connectivity index (χ0v) is 14.8. The number of fused-ring (bicyclic) bond motifs is 1. The number of pyridine rings is 1. The van der Waals surface area contributed by atoms with Crippen molar-refractivity contribution >= 4 is 17.0 Å². The summed E-state index contributed by atoms with van der Waals surface area (Å²) in [6, 6.07) is 18.3. The van der Waals surface area contributed by atoms with Crippen molar-refractivity contribution in [1.29, 1.82) is 5.26 Å². The molecule has 130 valence electrons. The fraction of sp³-hybridized carbons (Fsp3) is 0.0435. The lowest BCUT2D eigenvalue weighted by atomic mass is 10.0. The Morgan fingerprint density at radius 1 is 1.11 bits per heavy atom. The maximum atomic E-state index is 15.7. The molecule has 0 amide bonds. The predicted octanol–water partition coefficient (Wildman–Crippen LogP) is 5.65. The topological polar surface area (TPSA) is 41.6 Å². The van der Waals surface area contributed by atoms with Crippen LogP contribution in [-0.4, -0.2) is 9.55 Å². The van der Waals surface area contributed by atoms with E-state index in [0.29, 0.717) is 22.3 Å². The largest absolute Gasteiger partial charge is 0.314 e. The van der Waals surface area contributed by atoms with Crippen molar-refractivity contribution in [3.8, 4) is 23.0 Å². The molecule has 0 aliphatic carbocycles. The number of aryl methyl sites for hydroxylation is 1. The Hall–Kier alpha value is -3.71. The van der Waals surface area contributed by atoms with Crippen LogP contribution in [0.2, 0.25) is 0 Å². The summed E-state index contributed by atoms with van der Waals surface area (Å²) in [5, 5.41) is 9.72. The third-order valence-corrected chi connectivity index (χ3v) is 4.67. The van der Waals surface area contributed by atoms with E-state index in [0.717, 1.165) is 16.6 Å². The predicted molar refractivity (Wildman–Crippen MR) is 106 cm³/mol. The Balaban J connectivity index is 2.07. The molecule has 0 saturated carbocycles. The van der Waals surface area contributed by atoms with Crippen molar-refractivity contribution in [1.82, 2.24) is 9.55 Å². The maximum Gasteiger partial charge on any atom is 0.174 e. The van der Waals surface area contributed by atoms with Gasteiger partial charge in [0.25, 0.3) is 0 Å². The van der Waals surface area contributed by atoms with Crippen LogP contribution in [0.15, 0.2) is 67.4 Å². The SMILES string of the molecule is C=Cc1c(C)ccn1-c1c(F)c(-c2ccc(C#N)cc2)nc2ccccc12. The second-order valence-corrected chi connectivity index (χ2v) is 6.29. The lowest BCUT2D eigenvalue weighted by Gasteiger charge is -2.15. The fourth-order valence-corrected chi connectivity index (χ4v) is 3.30. The summed E-state index contributed by atoms with van der Waals surface area (Å²) in [4.78, 5) is 4.55. The second kappa shape index (κ2) is 6.54. The Labute approximate surface area is 156 Å². The number of hydrogen-bond donors (Lipinski definition) is 0. The van der Waals surface area contributed by atoms with Crippen LogP contribution in [0.1, 0.15) is 16.8 Å². The molecule has 0 unspecified atom stereocenters. The summed E-state index contributed by atoms with van der Waals surface area (Å²) in [7, 11) is 0. The zero-order chi connectivity index (χ0) is 19.0. The third-order valence-electron chi connectivity index (χ3n) is 4.67. The number of aromatic nitrogens is 2. The van der Waals surface area contributed by atoms with E-state index in [1.165, 1.54) is 0 Å². The van der Waals surface area contributed by atoms with Crippen molar-refractivity contribution < 1.29 is 4.39 Å². The van der Waals surface area contributed by atoms with E-state index in [9.17, 15) is 0 Å². The molecule has 4 aromatic rings. The first kappa shape index (κ1) is 16.7. The van der Waals surface area contributed by atoms with E-state index in [-0.39, 0.29) is 5.69 Å². The van der Waals surface area contributed by atoms with E-state index >= 15 is 4.39 Å². The van der Waals surface area contributed by atoms with Gasteiger partial charge in [-0.05, 0) is 42.8 Å². The van der Waals surface area contributed by atoms with E-state index in [1.54, 1.807) is 30.3 Å². The molecule has 0 saturated heterocycles. The van der Waals surface area contributed by atoms with E-state index in [1.807, 2.05) is 48.0 Å². The number of nitriles is 1.